The van der Waals surface area contributed by atoms with Gasteiger partial charge in [0.2, 0.25) is 11.5 Å². The topological polar surface area (TPSA) is 511 Å². The number of aldehydes is 8. The minimum absolute atomic E-state index is 0.0705. The number of aromatic hydroxyl groups is 8. The summed E-state index contributed by atoms with van der Waals surface area (Å²) in [5.41, 5.74) is 6.16. The number of ether oxygens (including phenoxy) is 3. The molecule has 756 valence electrons. The largest absolute Gasteiger partial charge is 0.507 e. The van der Waals surface area contributed by atoms with Crippen LogP contribution >= 0.6 is 22.7 Å². The number of rotatable bonds is 21. The van der Waals surface area contributed by atoms with Crippen LogP contribution in [0.5, 0.6) is 63.2 Å². The molecule has 0 saturated carbocycles. The molecule has 0 aliphatic rings. The average molecular weight is 2070 g/mol. The number of hydrogen-bond acceptors (Lipinski definition) is 31. The number of thiophene rings is 2. The van der Waals surface area contributed by atoms with E-state index in [0.717, 1.165) is 76.5 Å². The second-order valence-corrected chi connectivity index (χ2v) is 34.0. The number of halogens is 5. The summed E-state index contributed by atoms with van der Waals surface area (Å²) in [4.78, 5) is 118. The van der Waals surface area contributed by atoms with Gasteiger partial charge in [-0.1, -0.05) is 84.9 Å². The van der Waals surface area contributed by atoms with Crippen LogP contribution in [0.1, 0.15) is 93.3 Å². The number of carbonyl (C=O) groups excluding carboxylic acids is 8. The van der Waals surface area contributed by atoms with E-state index in [2.05, 4.69) is 25.3 Å². The first-order valence-corrected chi connectivity index (χ1v) is 45.4. The van der Waals surface area contributed by atoms with Crippen molar-refractivity contribution in [3.8, 4) is 152 Å². The lowest BCUT2D eigenvalue weighted by atomic mass is 9.96. The van der Waals surface area contributed by atoms with Crippen LogP contribution in [-0.4, -0.2) is 152 Å². The van der Waals surface area contributed by atoms with Crippen molar-refractivity contribution in [3.05, 3.63) is 372 Å². The van der Waals surface area contributed by atoms with Crippen LogP contribution in [-0.2, 0) is 13.2 Å². The Kier molecular flexibility index (Phi) is 34.6. The molecular weight excluding hydrogens is 1990 g/mol. The zero-order valence-corrected chi connectivity index (χ0v) is 80.2. The Hall–Kier alpha value is -20.0. The molecule has 40 heteroatoms. The number of aromatic amines is 1. The Morgan fingerprint density at radius 3 is 1.28 bits per heavy atom. The summed E-state index contributed by atoms with van der Waals surface area (Å²) in [6.07, 6.45) is 13.2. The number of fused-ring (bicyclic) bond motifs is 4. The molecule has 0 saturated heterocycles. The third kappa shape index (κ3) is 24.7. The van der Waals surface area contributed by atoms with Crippen LogP contribution < -0.4 is 14.2 Å². The van der Waals surface area contributed by atoms with Gasteiger partial charge < -0.3 is 63.9 Å². The summed E-state index contributed by atoms with van der Waals surface area (Å²) in [5.74, 6) is -3.75. The monoisotopic (exact) mass is 2070 g/mol. The molecule has 150 heavy (non-hydrogen) atoms. The van der Waals surface area contributed by atoms with E-state index in [4.69, 9.17) is 23.0 Å². The molecule has 8 aromatic heterocycles. The molecule has 0 aliphatic heterocycles. The minimum Gasteiger partial charge on any atom is -0.507 e. The van der Waals surface area contributed by atoms with E-state index in [9.17, 15) is 121 Å². The van der Waals surface area contributed by atoms with Crippen molar-refractivity contribution < 1.29 is 134 Å². The fraction of sp³-hybridized carbons (Fsp3) is 0.0545. The highest BCUT2D eigenvalue weighted by Crippen LogP contribution is 2.46. The highest BCUT2D eigenvalue weighted by atomic mass is 32.1. The van der Waals surface area contributed by atoms with E-state index in [-0.39, 0.29) is 79.5 Å². The first-order chi connectivity index (χ1) is 72.1. The van der Waals surface area contributed by atoms with E-state index in [1.54, 1.807) is 139 Å². The van der Waals surface area contributed by atoms with Gasteiger partial charge in [-0.15, -0.1) is 22.7 Å². The number of alkyl halides is 3. The molecule has 0 radical (unpaired) electrons. The number of aromatic nitrogens is 6. The SMILES string of the molecule is COc1cc(-c2cc3ccccc3o2)cc(C=O)c1O.COc1cc(-c2ccc(C)s2)cc(C=O)c1O.COc1cc(-c2cn[nH]c2)cc(C=O)c1O.Cn1cc(-c2cc(F)c(O)c(C=O)c2)cn1.O=Cc1cc(-c2ccco2)cc(F)c1O.O=Cc1cc(-c2cncc3ccccc23)cc(C(F)(F)F)c1O.O=Cc1cc(-c2cncc3ccccc23)cc([N+](=O)[O-])c1O.O=Cc1cc(-c2csc3ccccc23)cc([N+](=O)[O-])c1O. The lowest BCUT2D eigenvalue weighted by Crippen LogP contribution is -2.07. The fourth-order valence-electron chi connectivity index (χ4n) is 15.0. The third-order valence-electron chi connectivity index (χ3n) is 22.4. The number of carbonyl (C=O) groups is 8. The van der Waals surface area contributed by atoms with Crippen LogP contribution in [0.2, 0.25) is 0 Å². The summed E-state index contributed by atoms with van der Waals surface area (Å²) in [7, 11) is 6.07. The fourth-order valence-corrected chi connectivity index (χ4v) is 16.8. The molecule has 20 aromatic rings. The normalized spacial score (nSPS) is 10.6. The lowest BCUT2D eigenvalue weighted by molar-refractivity contribution is -0.386. The molecular formula is C110H79F5N8O25S2. The van der Waals surface area contributed by atoms with E-state index in [1.165, 1.54) is 98.5 Å². The van der Waals surface area contributed by atoms with Gasteiger partial charge in [-0.2, -0.15) is 23.4 Å². The Labute approximate surface area is 852 Å². The van der Waals surface area contributed by atoms with E-state index in [1.807, 2.05) is 103 Å². The Morgan fingerprint density at radius 2 is 0.827 bits per heavy atom. The first-order valence-electron chi connectivity index (χ1n) is 43.7. The highest BCUT2D eigenvalue weighted by molar-refractivity contribution is 7.17. The maximum absolute atomic E-state index is 13.3. The Morgan fingerprint density at radius 1 is 0.407 bits per heavy atom. The number of hydrogen-bond donors (Lipinski definition) is 9. The summed E-state index contributed by atoms with van der Waals surface area (Å²) >= 11 is 3.15. The van der Waals surface area contributed by atoms with Gasteiger partial charge >= 0.3 is 17.6 Å². The van der Waals surface area contributed by atoms with E-state index in [0.29, 0.717) is 111 Å². The average Bonchev–Trinajstić information content (AvgIpc) is 1.06. The van der Waals surface area contributed by atoms with Crippen LogP contribution in [0.15, 0.2) is 295 Å². The summed E-state index contributed by atoms with van der Waals surface area (Å²) < 4.78 is 94.2. The Bertz CT molecular complexity index is 8430. The van der Waals surface area contributed by atoms with Crippen molar-refractivity contribution in [1.29, 1.82) is 0 Å². The predicted molar refractivity (Wildman–Crippen MR) is 549 cm³/mol. The number of furan rings is 2. The molecule has 9 N–H and O–H groups in total. The molecule has 33 nitrogen and oxygen atoms in total. The lowest BCUT2D eigenvalue weighted by Gasteiger charge is -2.14. The summed E-state index contributed by atoms with van der Waals surface area (Å²) in [6.45, 7) is 2.02. The maximum Gasteiger partial charge on any atom is 0.420 e. The number of nitrogens with one attached hydrogen (secondary N) is 1. The number of nitro groups is 2. The number of aryl methyl sites for hydroxylation is 2. The van der Waals surface area contributed by atoms with Crippen molar-refractivity contribution in [2.45, 2.75) is 13.1 Å². The molecule has 0 amide bonds. The second-order valence-electron chi connectivity index (χ2n) is 31.8. The number of benzene rings is 12. The van der Waals surface area contributed by atoms with Gasteiger partial charge in [0.15, 0.2) is 108 Å². The zero-order valence-electron chi connectivity index (χ0n) is 78.6. The van der Waals surface area contributed by atoms with Gasteiger partial charge in [0.25, 0.3) is 0 Å². The molecule has 20 rings (SSSR count). The smallest absolute Gasteiger partial charge is 0.420 e. The molecule has 0 aliphatic carbocycles. The number of para-hydroxylation sites is 1. The van der Waals surface area contributed by atoms with Crippen LogP contribution in [0.3, 0.4) is 0 Å². The number of nitrogens with zero attached hydrogens (tertiary/aromatic N) is 7. The molecule has 0 spiro atoms. The van der Waals surface area contributed by atoms with Gasteiger partial charge in [-0.25, -0.2) is 8.78 Å². The van der Waals surface area contributed by atoms with E-state index < -0.39 is 78.9 Å². The minimum atomic E-state index is -4.77. The van der Waals surface area contributed by atoms with Crippen molar-refractivity contribution >= 4 is 127 Å². The molecule has 0 unspecified atom stereocenters. The predicted octanol–water partition coefficient (Wildman–Crippen LogP) is 24.6. The number of pyridine rings is 2. The van der Waals surface area contributed by atoms with Gasteiger partial charge in [0.1, 0.15) is 22.9 Å². The number of nitro benzene ring substituents is 2. The molecule has 0 bridgehead atoms. The number of methoxy groups -OCH3 is 3. The van der Waals surface area contributed by atoms with Crippen molar-refractivity contribution in [1.82, 2.24) is 29.9 Å². The van der Waals surface area contributed by atoms with Crippen molar-refractivity contribution in [2.75, 3.05) is 21.3 Å². The number of phenols is 8. The van der Waals surface area contributed by atoms with Gasteiger partial charge in [0, 0.05) is 131 Å². The van der Waals surface area contributed by atoms with Crippen molar-refractivity contribution in [2.24, 2.45) is 7.05 Å². The molecule has 12 aromatic carbocycles. The third-order valence-corrected chi connectivity index (χ3v) is 24.4. The molecule has 0 atom stereocenters. The quantitative estimate of drug-likeness (QED) is 0.0140. The summed E-state index contributed by atoms with van der Waals surface area (Å²) in [6, 6.07) is 61.4. The molecule has 0 fully saturated rings. The highest BCUT2D eigenvalue weighted by Gasteiger charge is 2.36. The standard InChI is InChI=1S/C17H10F3NO2.C16H10N2O4.C16H12O4.C15H9NO4S.C13H12O3S.C11H9FN2O2.C11H7FO3.C11H10N2O3/c18-17(19,20)15-6-11(5-12(9-22)16(15)23)14-8-21-7-10-3-1-2-4-13(10)14;19-9-12-5-11(6-15(16(12)20)18(21)22)14-8-17-7-10-3-1-2-4-13(10)14;1-19-15-8-11(6-12(9-17)16(15)18)14-7-10-4-2-3-5-13(10)20-14;17-7-10-5-9(6-13(15(10)18)16(19)20)12-8-21-14-4-2-1-3-11(12)14;1-8-3-4-12(17-8)9-5-10(7-14)13(15)11(6-9)16-2;1-14-5-9(4-13-14)7-2-8(6-15)11(16)10(12)3-7;12-9-5-7(10-2-1-3-15-10)4-8(6-13)11(9)14;1-16-10-3-7(9-4-12-13-5-9)2-8(6-14)11(10)15/h1-9,23H;1-9,20H;2-9,18H,1H3;1-8,18H;3-7,15H,1-2H3;2-6,16H,1H3;1-6,14H;2-6,15H,1H3,(H,12,13). The van der Waals surface area contributed by atoms with Gasteiger partial charge in [-0.05, 0) is 184 Å². The van der Waals surface area contributed by atoms with Gasteiger partial charge in [-0.3, -0.25) is 78.3 Å². The second kappa shape index (κ2) is 48.4. The Balaban J connectivity index is 0.000000143. The number of H-pyrrole nitrogens is 1. The van der Waals surface area contributed by atoms with Crippen LogP contribution in [0.25, 0.3) is 131 Å². The van der Waals surface area contributed by atoms with Crippen LogP contribution in [0.4, 0.5) is 33.3 Å². The van der Waals surface area contributed by atoms with Crippen LogP contribution in [0, 0.1) is 38.8 Å². The van der Waals surface area contributed by atoms with Crippen molar-refractivity contribution in [3.63, 3.8) is 0 Å². The van der Waals surface area contributed by atoms with Gasteiger partial charge in [0.05, 0.1) is 99.9 Å². The zero-order chi connectivity index (χ0) is 108. The molecule has 8 heterocycles. The number of phenolic OH excluding ortho intramolecular Hbond substituents is 8. The maximum atomic E-state index is 13.3. The first kappa shape index (κ1) is 107. The summed E-state index contributed by atoms with van der Waals surface area (Å²) in [5, 5.41) is 116. The van der Waals surface area contributed by atoms with E-state index >= 15 is 0 Å².